The Morgan fingerprint density at radius 3 is 2.54 bits per heavy atom. The van der Waals surface area contributed by atoms with Gasteiger partial charge in [0.1, 0.15) is 0 Å². The Bertz CT molecular complexity index is 870. The molecule has 1 heterocycles. The van der Waals surface area contributed by atoms with Crippen LogP contribution in [0.1, 0.15) is 125 Å². The van der Waals surface area contributed by atoms with Crippen LogP contribution >= 0.6 is 0 Å². The van der Waals surface area contributed by atoms with E-state index >= 15 is 0 Å². The molecule has 4 heteroatoms. The van der Waals surface area contributed by atoms with Gasteiger partial charge < -0.3 is 13.9 Å². The molecule has 39 heavy (non-hydrogen) atoms. The van der Waals surface area contributed by atoms with Crippen molar-refractivity contribution in [3.63, 3.8) is 0 Å². The van der Waals surface area contributed by atoms with E-state index in [1.54, 1.807) is 5.57 Å². The normalized spacial score (nSPS) is 41.8. The summed E-state index contributed by atoms with van der Waals surface area (Å²) in [7, 11) is -1.63. The minimum absolute atomic E-state index is 0.0523. The summed E-state index contributed by atoms with van der Waals surface area (Å²) in [5, 5.41) is 0.310. The molecule has 0 aromatic heterocycles. The van der Waals surface area contributed by atoms with Crippen LogP contribution in [0.2, 0.25) is 18.1 Å². The second kappa shape index (κ2) is 11.5. The van der Waals surface area contributed by atoms with Gasteiger partial charge in [-0.05, 0) is 142 Å². The summed E-state index contributed by atoms with van der Waals surface area (Å²) in [6, 6.07) is 0. The Balaban J connectivity index is 1.18. The van der Waals surface area contributed by atoms with E-state index in [4.69, 9.17) is 13.9 Å². The molecule has 1 aliphatic heterocycles. The lowest BCUT2D eigenvalue weighted by atomic mass is 9.47. The molecule has 5 aliphatic rings. The van der Waals surface area contributed by atoms with Crippen LogP contribution in [0.25, 0.3) is 0 Å². The van der Waals surface area contributed by atoms with Gasteiger partial charge in [0.05, 0.1) is 6.10 Å². The minimum Gasteiger partial charge on any atom is -0.417 e. The average molecular weight is 559 g/mol. The first kappa shape index (κ1) is 30.3. The molecule has 3 nitrogen and oxygen atoms in total. The zero-order valence-electron chi connectivity index (χ0n) is 27.0. The lowest BCUT2D eigenvalue weighted by Crippen LogP contribution is -2.51. The third-order valence-electron chi connectivity index (χ3n) is 13.4. The van der Waals surface area contributed by atoms with Crippen LogP contribution in [-0.4, -0.2) is 33.9 Å². The molecule has 5 rings (SSSR count). The third-order valence-corrected chi connectivity index (χ3v) is 17.9. The fourth-order valence-corrected chi connectivity index (χ4v) is 11.0. The van der Waals surface area contributed by atoms with Crippen molar-refractivity contribution in [1.82, 2.24) is 0 Å². The lowest BCUT2D eigenvalue weighted by molar-refractivity contribution is -0.195. The summed E-state index contributed by atoms with van der Waals surface area (Å²) in [6.45, 7) is 21.6. The summed E-state index contributed by atoms with van der Waals surface area (Å²) in [6.07, 6.45) is 20.1. The molecule has 0 aromatic rings. The second-order valence-electron chi connectivity index (χ2n) is 16.5. The molecule has 0 radical (unpaired) electrons. The number of hydrogen-bond donors (Lipinski definition) is 0. The quantitative estimate of drug-likeness (QED) is 0.168. The topological polar surface area (TPSA) is 27.7 Å². The number of allylic oxidation sites excluding steroid dienone is 1. The number of hydrogen-bond acceptors (Lipinski definition) is 3. The molecular formula is C35H62O3Si. The fourth-order valence-electron chi connectivity index (χ4n) is 9.90. The molecule has 4 fully saturated rings. The van der Waals surface area contributed by atoms with Gasteiger partial charge in [0.25, 0.3) is 0 Å². The Hall–Kier alpha value is -0.163. The summed E-state index contributed by atoms with van der Waals surface area (Å²) in [5.74, 6) is 4.42. The molecule has 0 aromatic carbocycles. The van der Waals surface area contributed by atoms with E-state index < -0.39 is 8.32 Å². The van der Waals surface area contributed by atoms with Crippen LogP contribution in [0.4, 0.5) is 0 Å². The van der Waals surface area contributed by atoms with E-state index in [1.807, 2.05) is 0 Å². The van der Waals surface area contributed by atoms with Crippen LogP contribution in [-0.2, 0) is 13.9 Å². The molecule has 0 spiro atoms. The molecule has 0 N–H and O–H groups in total. The summed E-state index contributed by atoms with van der Waals surface area (Å²) >= 11 is 0. The van der Waals surface area contributed by atoms with Crippen molar-refractivity contribution >= 4 is 8.32 Å². The van der Waals surface area contributed by atoms with Gasteiger partial charge >= 0.3 is 0 Å². The first-order chi connectivity index (χ1) is 18.3. The van der Waals surface area contributed by atoms with Crippen molar-refractivity contribution in [2.24, 2.45) is 40.4 Å². The van der Waals surface area contributed by atoms with Crippen molar-refractivity contribution in [3.05, 3.63) is 11.6 Å². The first-order valence-corrected chi connectivity index (χ1v) is 19.9. The van der Waals surface area contributed by atoms with Gasteiger partial charge in [0.15, 0.2) is 14.6 Å². The lowest BCUT2D eigenvalue weighted by Gasteiger charge is -2.58. The summed E-state index contributed by atoms with van der Waals surface area (Å²) in [4.78, 5) is 0. The maximum Gasteiger partial charge on any atom is 0.191 e. The Morgan fingerprint density at radius 2 is 1.82 bits per heavy atom. The third kappa shape index (κ3) is 5.89. The highest BCUT2D eigenvalue weighted by Gasteiger charge is 2.59. The van der Waals surface area contributed by atoms with Crippen LogP contribution in [0, 0.1) is 40.4 Å². The molecule has 0 amide bonds. The van der Waals surface area contributed by atoms with Crippen molar-refractivity contribution in [2.45, 2.75) is 156 Å². The highest BCUT2D eigenvalue weighted by atomic mass is 28.4. The van der Waals surface area contributed by atoms with Gasteiger partial charge in [-0.1, -0.05) is 53.2 Å². The average Bonchev–Trinajstić information content (AvgIpc) is 3.24. The van der Waals surface area contributed by atoms with Crippen LogP contribution in [0.5, 0.6) is 0 Å². The smallest absolute Gasteiger partial charge is 0.191 e. The van der Waals surface area contributed by atoms with E-state index in [1.165, 1.54) is 70.6 Å². The van der Waals surface area contributed by atoms with Crippen molar-refractivity contribution in [2.75, 3.05) is 13.2 Å². The molecule has 1 saturated heterocycles. The van der Waals surface area contributed by atoms with Crippen LogP contribution in [0.3, 0.4) is 0 Å². The van der Waals surface area contributed by atoms with Crippen molar-refractivity contribution < 1.29 is 13.9 Å². The van der Waals surface area contributed by atoms with E-state index in [-0.39, 0.29) is 6.29 Å². The van der Waals surface area contributed by atoms with E-state index in [0.29, 0.717) is 22.0 Å². The zero-order valence-corrected chi connectivity index (χ0v) is 28.0. The van der Waals surface area contributed by atoms with Gasteiger partial charge in [-0.2, -0.15) is 0 Å². The van der Waals surface area contributed by atoms with E-state index in [2.05, 4.69) is 60.7 Å². The Kier molecular flexibility index (Phi) is 8.93. The van der Waals surface area contributed by atoms with Gasteiger partial charge in [0.2, 0.25) is 0 Å². The van der Waals surface area contributed by atoms with E-state index in [0.717, 1.165) is 55.6 Å². The Labute approximate surface area is 242 Å². The van der Waals surface area contributed by atoms with Crippen LogP contribution < -0.4 is 0 Å². The molecule has 3 saturated carbocycles. The maximum atomic E-state index is 6.54. The predicted molar refractivity (Wildman–Crippen MR) is 165 cm³/mol. The number of fused-ring (bicyclic) bond motifs is 5. The van der Waals surface area contributed by atoms with Gasteiger partial charge in [0, 0.05) is 13.2 Å². The number of ether oxygens (including phenoxy) is 2. The van der Waals surface area contributed by atoms with Gasteiger partial charge in [-0.15, -0.1) is 0 Å². The first-order valence-electron chi connectivity index (χ1n) is 17.0. The number of rotatable bonds is 8. The summed E-state index contributed by atoms with van der Waals surface area (Å²) < 4.78 is 19.0. The molecule has 4 aliphatic carbocycles. The zero-order chi connectivity index (χ0) is 28.1. The van der Waals surface area contributed by atoms with E-state index in [9.17, 15) is 0 Å². The van der Waals surface area contributed by atoms with Crippen LogP contribution in [0.15, 0.2) is 11.6 Å². The summed E-state index contributed by atoms with van der Waals surface area (Å²) in [5.41, 5.74) is 2.69. The van der Waals surface area contributed by atoms with Crippen molar-refractivity contribution in [3.8, 4) is 0 Å². The largest absolute Gasteiger partial charge is 0.417 e. The molecule has 0 bridgehead atoms. The van der Waals surface area contributed by atoms with Crippen molar-refractivity contribution in [1.29, 1.82) is 0 Å². The fraction of sp³-hybridized carbons (Fsp3) is 0.943. The second-order valence-corrected chi connectivity index (χ2v) is 21.3. The highest BCUT2D eigenvalue weighted by Crippen LogP contribution is 2.67. The standard InChI is InChI=1S/C35H62O3Si/c1-25(12-11-23-37-39(7,8)33(2,3)4)29-16-17-30-28-15-14-26-24-27(38-32-13-9-10-22-36-32)18-20-34(26,5)31(28)19-21-35(29,30)6/h14,25,27-32H,9-13,15-24H2,1-8H3/t25-,27-,28?,29+,30?,31?,32?,34-,35+/m0/s1. The van der Waals surface area contributed by atoms with Gasteiger partial charge in [-0.25, -0.2) is 0 Å². The Morgan fingerprint density at radius 1 is 1.03 bits per heavy atom. The predicted octanol–water partition coefficient (Wildman–Crippen LogP) is 9.92. The molecular weight excluding hydrogens is 496 g/mol. The molecule has 9 atom stereocenters. The highest BCUT2D eigenvalue weighted by molar-refractivity contribution is 6.74. The monoisotopic (exact) mass is 558 g/mol. The SMILES string of the molecule is C[C@@H](CCCO[Si](C)(C)C(C)(C)C)[C@H]1CCC2C3CC=C4C[C@@H](OC5CCCCO5)CC[C@]4(C)C3CC[C@@]21C. The minimum atomic E-state index is -1.63. The molecule has 224 valence electrons. The van der Waals surface area contributed by atoms with Gasteiger partial charge in [-0.3, -0.25) is 0 Å². The maximum absolute atomic E-state index is 6.54. The molecule has 4 unspecified atom stereocenters.